The predicted molar refractivity (Wildman–Crippen MR) is 109 cm³/mol. The monoisotopic (exact) mass is 396 g/mol. The van der Waals surface area contributed by atoms with Crippen molar-refractivity contribution in [2.75, 3.05) is 10.6 Å². The van der Waals surface area contributed by atoms with E-state index >= 15 is 0 Å². The Morgan fingerprint density at radius 1 is 1.18 bits per heavy atom. The van der Waals surface area contributed by atoms with E-state index in [0.717, 1.165) is 11.2 Å². The molecule has 1 amide bonds. The number of hydrogen-bond donors (Lipinski definition) is 2. The molecule has 0 atom stereocenters. The highest BCUT2D eigenvalue weighted by Gasteiger charge is 2.14. The molecule has 0 saturated carbocycles. The Morgan fingerprint density at radius 3 is 2.71 bits per heavy atom. The normalized spacial score (nSPS) is 11.1. The zero-order valence-electron chi connectivity index (χ0n) is 15.2. The first-order valence-electron chi connectivity index (χ1n) is 8.58. The van der Waals surface area contributed by atoms with Crippen molar-refractivity contribution in [2.45, 2.75) is 13.5 Å². The maximum absolute atomic E-state index is 12.5. The molecule has 9 heteroatoms. The molecule has 8 nitrogen and oxygen atoms in total. The van der Waals surface area contributed by atoms with Crippen LogP contribution in [-0.4, -0.2) is 25.1 Å². The molecule has 2 aromatic carbocycles. The van der Waals surface area contributed by atoms with Gasteiger partial charge in [-0.3, -0.25) is 18.6 Å². The van der Waals surface area contributed by atoms with Gasteiger partial charge >= 0.3 is 0 Å². The van der Waals surface area contributed by atoms with E-state index in [2.05, 4.69) is 20.8 Å². The number of carbonyl (C=O) groups is 1. The van der Waals surface area contributed by atoms with Crippen molar-refractivity contribution in [1.29, 1.82) is 0 Å². The summed E-state index contributed by atoms with van der Waals surface area (Å²) in [5, 5.41) is 15.4. The van der Waals surface area contributed by atoms with Crippen molar-refractivity contribution in [2.24, 2.45) is 7.05 Å². The van der Waals surface area contributed by atoms with Crippen molar-refractivity contribution < 1.29 is 4.79 Å². The molecule has 0 unspecified atom stereocenters. The molecule has 2 N–H and O–H groups in total. The van der Waals surface area contributed by atoms with Gasteiger partial charge in [0, 0.05) is 19.7 Å². The zero-order valence-corrected chi connectivity index (χ0v) is 16.0. The number of rotatable bonds is 4. The third kappa shape index (κ3) is 3.07. The number of amides is 1. The van der Waals surface area contributed by atoms with Gasteiger partial charge in [-0.1, -0.05) is 23.7 Å². The number of halogens is 1. The van der Waals surface area contributed by atoms with Gasteiger partial charge in [-0.2, -0.15) is 0 Å². The lowest BCUT2D eigenvalue weighted by Gasteiger charge is -2.10. The van der Waals surface area contributed by atoms with Crippen LogP contribution in [0.1, 0.15) is 12.7 Å². The third-order valence-electron chi connectivity index (χ3n) is 4.42. The van der Waals surface area contributed by atoms with Crippen molar-refractivity contribution in [3.8, 4) is 0 Å². The van der Waals surface area contributed by atoms with Gasteiger partial charge in [-0.15, -0.1) is 10.2 Å². The van der Waals surface area contributed by atoms with Gasteiger partial charge in [0.15, 0.2) is 5.82 Å². The molecule has 2 heterocycles. The summed E-state index contributed by atoms with van der Waals surface area (Å²) in [6, 6.07) is 12.6. The van der Waals surface area contributed by atoms with Crippen LogP contribution >= 0.6 is 11.6 Å². The predicted octanol–water partition coefficient (Wildman–Crippen LogP) is 2.81. The van der Waals surface area contributed by atoms with Crippen LogP contribution < -0.4 is 16.2 Å². The van der Waals surface area contributed by atoms with Crippen LogP contribution in [0.2, 0.25) is 5.02 Å². The number of aromatic nitrogens is 4. The second-order valence-corrected chi connectivity index (χ2v) is 6.77. The van der Waals surface area contributed by atoms with Crippen LogP contribution in [-0.2, 0) is 18.4 Å². The molecule has 28 heavy (non-hydrogen) atoms. The number of benzene rings is 2. The fourth-order valence-corrected chi connectivity index (χ4v) is 3.33. The highest BCUT2D eigenvalue weighted by molar-refractivity contribution is 6.34. The average Bonchev–Trinajstić information content (AvgIpc) is 3.10. The van der Waals surface area contributed by atoms with Crippen LogP contribution in [0.15, 0.2) is 47.3 Å². The summed E-state index contributed by atoms with van der Waals surface area (Å²) >= 11 is 6.22. The number of aryl methyl sites for hydroxylation is 1. The molecular formula is C19H17ClN6O2. The van der Waals surface area contributed by atoms with E-state index in [1.807, 2.05) is 28.7 Å². The number of para-hydroxylation sites is 1. The minimum atomic E-state index is -0.185. The highest BCUT2D eigenvalue weighted by atomic mass is 35.5. The maximum atomic E-state index is 12.5. The zero-order chi connectivity index (χ0) is 19.8. The molecule has 0 saturated heterocycles. The van der Waals surface area contributed by atoms with Crippen LogP contribution in [0.4, 0.5) is 11.4 Å². The standard InChI is InChI=1S/C19H17ClN6O2/c1-11(27)22-15-8-7-12(9-14(15)20)21-10-17-23-24-19-25(2)18(28)13-5-3-4-6-16(13)26(17)19/h3-9,21H,10H2,1-2H3,(H,22,27). The lowest BCUT2D eigenvalue weighted by molar-refractivity contribution is -0.114. The van der Waals surface area contributed by atoms with E-state index in [-0.39, 0.29) is 11.5 Å². The molecule has 0 fully saturated rings. The molecule has 0 spiro atoms. The SMILES string of the molecule is CC(=O)Nc1ccc(NCc2nnc3n(C)c(=O)c4ccccc4n23)cc1Cl. The van der Waals surface area contributed by atoms with Crippen LogP contribution in [0, 0.1) is 0 Å². The number of nitrogens with one attached hydrogen (secondary N) is 2. The van der Waals surface area contributed by atoms with E-state index in [1.54, 1.807) is 25.2 Å². The fraction of sp³-hybridized carbons (Fsp3) is 0.158. The molecule has 2 aromatic heterocycles. The van der Waals surface area contributed by atoms with Crippen molar-refractivity contribution in [3.05, 3.63) is 63.7 Å². The number of anilines is 2. The Morgan fingerprint density at radius 2 is 1.96 bits per heavy atom. The highest BCUT2D eigenvalue weighted by Crippen LogP contribution is 2.26. The van der Waals surface area contributed by atoms with E-state index in [1.165, 1.54) is 11.5 Å². The molecular weight excluding hydrogens is 380 g/mol. The van der Waals surface area contributed by atoms with Crippen molar-refractivity contribution >= 4 is 45.6 Å². The summed E-state index contributed by atoms with van der Waals surface area (Å²) in [5.41, 5.74) is 1.95. The number of fused-ring (bicyclic) bond motifs is 3. The van der Waals surface area contributed by atoms with Gasteiger partial charge in [-0.25, -0.2) is 0 Å². The first-order valence-corrected chi connectivity index (χ1v) is 8.96. The molecule has 4 aromatic rings. The summed E-state index contributed by atoms with van der Waals surface area (Å²) in [6.07, 6.45) is 0. The molecule has 0 aliphatic rings. The summed E-state index contributed by atoms with van der Waals surface area (Å²) < 4.78 is 3.34. The smallest absolute Gasteiger partial charge is 0.262 e. The van der Waals surface area contributed by atoms with Gasteiger partial charge in [-0.05, 0) is 30.3 Å². The topological polar surface area (TPSA) is 93.3 Å². The van der Waals surface area contributed by atoms with E-state index in [4.69, 9.17) is 11.6 Å². The number of nitrogens with zero attached hydrogens (tertiary/aromatic N) is 4. The Balaban J connectivity index is 1.69. The summed E-state index contributed by atoms with van der Waals surface area (Å²) in [6.45, 7) is 1.80. The number of carbonyl (C=O) groups excluding carboxylic acids is 1. The Hall–Kier alpha value is -3.39. The minimum absolute atomic E-state index is 0.115. The molecule has 4 rings (SSSR count). The number of hydrogen-bond acceptors (Lipinski definition) is 5. The van der Waals surface area contributed by atoms with Gasteiger partial charge in [0.2, 0.25) is 11.7 Å². The molecule has 0 radical (unpaired) electrons. The van der Waals surface area contributed by atoms with Gasteiger partial charge in [0.1, 0.15) is 0 Å². The van der Waals surface area contributed by atoms with E-state index in [9.17, 15) is 9.59 Å². The first kappa shape index (κ1) is 18.0. The largest absolute Gasteiger partial charge is 0.378 e. The quantitative estimate of drug-likeness (QED) is 0.553. The van der Waals surface area contributed by atoms with E-state index in [0.29, 0.717) is 34.2 Å². The molecule has 0 aliphatic carbocycles. The maximum Gasteiger partial charge on any atom is 0.262 e. The van der Waals surface area contributed by atoms with Crippen LogP contribution in [0.3, 0.4) is 0 Å². The average molecular weight is 397 g/mol. The van der Waals surface area contributed by atoms with Crippen LogP contribution in [0.25, 0.3) is 16.7 Å². The Kier molecular flexibility index (Phi) is 4.48. The second kappa shape index (κ2) is 6.97. The van der Waals surface area contributed by atoms with Gasteiger partial charge < -0.3 is 10.6 Å². The molecule has 0 bridgehead atoms. The Labute approximate surface area is 164 Å². The summed E-state index contributed by atoms with van der Waals surface area (Å²) in [7, 11) is 1.68. The summed E-state index contributed by atoms with van der Waals surface area (Å²) in [5.74, 6) is 0.943. The fourth-order valence-electron chi connectivity index (χ4n) is 3.10. The second-order valence-electron chi connectivity index (χ2n) is 6.36. The lowest BCUT2D eigenvalue weighted by Crippen LogP contribution is -2.20. The van der Waals surface area contributed by atoms with Crippen molar-refractivity contribution in [3.63, 3.8) is 0 Å². The Bertz CT molecular complexity index is 1280. The minimum Gasteiger partial charge on any atom is -0.378 e. The van der Waals surface area contributed by atoms with E-state index < -0.39 is 0 Å². The molecule has 142 valence electrons. The lowest BCUT2D eigenvalue weighted by atomic mass is 10.2. The summed E-state index contributed by atoms with van der Waals surface area (Å²) in [4.78, 5) is 23.7. The first-order chi connectivity index (χ1) is 13.5. The van der Waals surface area contributed by atoms with Gasteiger partial charge in [0.05, 0.1) is 28.2 Å². The van der Waals surface area contributed by atoms with Gasteiger partial charge in [0.25, 0.3) is 5.56 Å². The molecule has 0 aliphatic heterocycles. The van der Waals surface area contributed by atoms with Crippen LogP contribution in [0.5, 0.6) is 0 Å². The third-order valence-corrected chi connectivity index (χ3v) is 4.74. The van der Waals surface area contributed by atoms with Crippen molar-refractivity contribution in [1.82, 2.24) is 19.2 Å².